The van der Waals surface area contributed by atoms with E-state index in [1.54, 1.807) is 13.0 Å². The van der Waals surface area contributed by atoms with Crippen molar-refractivity contribution in [2.45, 2.75) is 72.1 Å². The molecular formula is C24H31NO3. The molecule has 1 aromatic heterocycles. The van der Waals surface area contributed by atoms with E-state index in [1.165, 1.54) is 35.1 Å². The van der Waals surface area contributed by atoms with E-state index in [-0.39, 0.29) is 16.5 Å². The predicted octanol–water partition coefficient (Wildman–Crippen LogP) is 6.07. The van der Waals surface area contributed by atoms with Gasteiger partial charge in [-0.05, 0) is 78.3 Å². The molecule has 1 aliphatic rings. The maximum Gasteiger partial charge on any atom is 0.360 e. The van der Waals surface area contributed by atoms with E-state index >= 15 is 0 Å². The van der Waals surface area contributed by atoms with E-state index in [0.29, 0.717) is 12.4 Å². The van der Waals surface area contributed by atoms with E-state index < -0.39 is 5.97 Å². The minimum Gasteiger partial charge on any atom is -0.461 e. The summed E-state index contributed by atoms with van der Waals surface area (Å²) in [5.74, 6) is 0.124. The summed E-state index contributed by atoms with van der Waals surface area (Å²) < 4.78 is 10.4. The third-order valence-corrected chi connectivity index (χ3v) is 5.99. The Labute approximate surface area is 168 Å². The number of fused-ring (bicyclic) bond motifs is 1. The first-order valence-corrected chi connectivity index (χ1v) is 10.0. The molecule has 0 spiro atoms. The van der Waals surface area contributed by atoms with Gasteiger partial charge in [0.1, 0.15) is 0 Å². The van der Waals surface area contributed by atoms with Gasteiger partial charge in [-0.25, -0.2) is 4.79 Å². The summed E-state index contributed by atoms with van der Waals surface area (Å²) in [6.45, 7) is 15.6. The van der Waals surface area contributed by atoms with Gasteiger partial charge in [0.25, 0.3) is 0 Å². The van der Waals surface area contributed by atoms with Gasteiger partial charge >= 0.3 is 5.97 Å². The number of ether oxygens (including phenoxy) is 1. The van der Waals surface area contributed by atoms with Crippen LogP contribution in [0.3, 0.4) is 0 Å². The van der Waals surface area contributed by atoms with Gasteiger partial charge in [0.2, 0.25) is 0 Å². The van der Waals surface area contributed by atoms with E-state index in [1.807, 2.05) is 6.92 Å². The van der Waals surface area contributed by atoms with Crippen molar-refractivity contribution in [2.75, 3.05) is 6.61 Å². The highest BCUT2D eigenvalue weighted by Crippen LogP contribution is 2.46. The number of aromatic nitrogens is 1. The molecule has 0 N–H and O–H groups in total. The number of esters is 1. The molecule has 0 radical (unpaired) electrons. The molecule has 3 rings (SSSR count). The van der Waals surface area contributed by atoms with Crippen LogP contribution in [0.4, 0.5) is 0 Å². The van der Waals surface area contributed by atoms with Crippen molar-refractivity contribution < 1.29 is 14.1 Å². The van der Waals surface area contributed by atoms with Crippen molar-refractivity contribution in [3.05, 3.63) is 51.9 Å². The summed E-state index contributed by atoms with van der Waals surface area (Å²) >= 11 is 0. The molecule has 150 valence electrons. The lowest BCUT2D eigenvalue weighted by Gasteiger charge is -2.42. The average Bonchev–Trinajstić information content (AvgIpc) is 3.11. The smallest absolute Gasteiger partial charge is 0.360 e. The molecule has 1 aromatic carbocycles. The van der Waals surface area contributed by atoms with E-state index in [9.17, 15) is 4.79 Å². The zero-order chi connectivity index (χ0) is 20.7. The van der Waals surface area contributed by atoms with Crippen molar-refractivity contribution in [1.29, 1.82) is 0 Å². The zero-order valence-corrected chi connectivity index (χ0v) is 18.1. The highest BCUT2D eigenvalue weighted by Gasteiger charge is 2.37. The number of benzene rings is 1. The van der Waals surface area contributed by atoms with Crippen LogP contribution in [0.1, 0.15) is 92.9 Å². The fourth-order valence-corrected chi connectivity index (χ4v) is 3.96. The van der Waals surface area contributed by atoms with Gasteiger partial charge in [-0.2, -0.15) is 0 Å². The van der Waals surface area contributed by atoms with Crippen LogP contribution < -0.4 is 0 Å². The quantitative estimate of drug-likeness (QED) is 0.603. The first kappa shape index (κ1) is 20.4. The minimum absolute atomic E-state index is 0.165. The van der Waals surface area contributed by atoms with Crippen molar-refractivity contribution in [3.8, 4) is 0 Å². The van der Waals surface area contributed by atoms with Gasteiger partial charge in [0.15, 0.2) is 11.5 Å². The number of hydrogen-bond donors (Lipinski definition) is 0. The SMILES string of the molecule is CCOC(=O)c1cc(/C(C)=C/c2cc3c(cc2C)C(C)(C)CCC3(C)C)on1. The van der Waals surface area contributed by atoms with E-state index in [4.69, 9.17) is 9.26 Å². The summed E-state index contributed by atoms with van der Waals surface area (Å²) in [4.78, 5) is 11.8. The molecule has 28 heavy (non-hydrogen) atoms. The Morgan fingerprint density at radius 3 is 2.36 bits per heavy atom. The van der Waals surface area contributed by atoms with Crippen LogP contribution in [0.15, 0.2) is 22.7 Å². The van der Waals surface area contributed by atoms with Gasteiger partial charge in [-0.3, -0.25) is 0 Å². The van der Waals surface area contributed by atoms with Crippen LogP contribution in [-0.4, -0.2) is 17.7 Å². The highest BCUT2D eigenvalue weighted by atomic mass is 16.5. The summed E-state index contributed by atoms with van der Waals surface area (Å²) in [7, 11) is 0. The van der Waals surface area contributed by atoms with Gasteiger partial charge in [-0.1, -0.05) is 45.0 Å². The lowest BCUT2D eigenvalue weighted by molar-refractivity contribution is 0.0514. The van der Waals surface area contributed by atoms with Crippen molar-refractivity contribution in [3.63, 3.8) is 0 Å². The molecule has 0 saturated carbocycles. The predicted molar refractivity (Wildman–Crippen MR) is 112 cm³/mol. The average molecular weight is 382 g/mol. The van der Waals surface area contributed by atoms with E-state index in [2.05, 4.69) is 58.0 Å². The van der Waals surface area contributed by atoms with Gasteiger partial charge in [0, 0.05) is 6.07 Å². The number of rotatable bonds is 4. The maximum atomic E-state index is 11.8. The first-order valence-electron chi connectivity index (χ1n) is 10.0. The lowest BCUT2D eigenvalue weighted by atomic mass is 9.62. The van der Waals surface area contributed by atoms with Crippen LogP contribution >= 0.6 is 0 Å². The molecule has 1 heterocycles. The molecule has 0 aliphatic heterocycles. The Bertz CT molecular complexity index is 931. The Morgan fingerprint density at radius 1 is 1.14 bits per heavy atom. The molecule has 4 heteroatoms. The van der Waals surface area contributed by atoms with Gasteiger partial charge in [-0.15, -0.1) is 0 Å². The fourth-order valence-electron chi connectivity index (χ4n) is 3.96. The standard InChI is InChI=1S/C24H31NO3/c1-8-27-22(26)20-14-21(28-25-20)16(3)11-17-13-19-18(12-15(17)2)23(4,5)9-10-24(19,6)7/h11-14H,8-10H2,1-7H3/b16-11+. The largest absolute Gasteiger partial charge is 0.461 e. The topological polar surface area (TPSA) is 52.3 Å². The molecule has 0 bridgehead atoms. The van der Waals surface area contributed by atoms with Crippen molar-refractivity contribution in [2.24, 2.45) is 0 Å². The van der Waals surface area contributed by atoms with Crippen LogP contribution in [0, 0.1) is 6.92 Å². The number of carbonyl (C=O) groups excluding carboxylic acids is 1. The molecular weight excluding hydrogens is 350 g/mol. The second-order valence-electron chi connectivity index (χ2n) is 9.15. The number of aryl methyl sites for hydroxylation is 1. The van der Waals surface area contributed by atoms with Crippen LogP contribution in [0.2, 0.25) is 0 Å². The molecule has 0 amide bonds. The number of nitrogens with zero attached hydrogens (tertiary/aromatic N) is 1. The third-order valence-electron chi connectivity index (χ3n) is 5.99. The fraction of sp³-hybridized carbons (Fsp3) is 0.500. The Balaban J connectivity index is 2.00. The minimum atomic E-state index is -0.459. The lowest BCUT2D eigenvalue weighted by Crippen LogP contribution is -2.34. The summed E-state index contributed by atoms with van der Waals surface area (Å²) in [5.41, 5.74) is 6.81. The molecule has 1 aliphatic carbocycles. The molecule has 0 saturated heterocycles. The summed E-state index contributed by atoms with van der Waals surface area (Å²) in [6, 6.07) is 6.32. The maximum absolute atomic E-state index is 11.8. The van der Waals surface area contributed by atoms with Crippen LogP contribution in [0.5, 0.6) is 0 Å². The molecule has 4 nitrogen and oxygen atoms in total. The van der Waals surface area contributed by atoms with Crippen molar-refractivity contribution in [1.82, 2.24) is 5.16 Å². The number of allylic oxidation sites excluding steroid dienone is 1. The first-order chi connectivity index (χ1) is 13.0. The van der Waals surface area contributed by atoms with Crippen molar-refractivity contribution >= 4 is 17.6 Å². The molecule has 0 unspecified atom stereocenters. The highest BCUT2D eigenvalue weighted by molar-refractivity contribution is 5.89. The normalized spacial score (nSPS) is 17.9. The second kappa shape index (κ2) is 7.23. The molecule has 0 fully saturated rings. The monoisotopic (exact) mass is 381 g/mol. The molecule has 2 aromatic rings. The third kappa shape index (κ3) is 3.78. The van der Waals surface area contributed by atoms with Crippen LogP contribution in [0.25, 0.3) is 11.6 Å². The van der Waals surface area contributed by atoms with E-state index in [0.717, 1.165) is 5.57 Å². The van der Waals surface area contributed by atoms with Gasteiger partial charge < -0.3 is 9.26 Å². The molecule has 0 atom stereocenters. The summed E-state index contributed by atoms with van der Waals surface area (Å²) in [6.07, 6.45) is 4.50. The number of hydrogen-bond acceptors (Lipinski definition) is 4. The second-order valence-corrected chi connectivity index (χ2v) is 9.15. The summed E-state index contributed by atoms with van der Waals surface area (Å²) in [5, 5.41) is 3.84. The zero-order valence-electron chi connectivity index (χ0n) is 18.1. The van der Waals surface area contributed by atoms with Gasteiger partial charge in [0.05, 0.1) is 6.61 Å². The van der Waals surface area contributed by atoms with Crippen LogP contribution in [-0.2, 0) is 15.6 Å². The Hall–Kier alpha value is -2.36. The number of carbonyl (C=O) groups is 1. The Morgan fingerprint density at radius 2 is 1.75 bits per heavy atom. The Kier molecular flexibility index (Phi) is 5.26.